The normalized spacial score (nSPS) is 35.8. The summed E-state index contributed by atoms with van der Waals surface area (Å²) in [4.78, 5) is 24.4. The molecule has 1 saturated carbocycles. The lowest BCUT2D eigenvalue weighted by molar-refractivity contribution is -0.152. The number of ether oxygens (including phenoxy) is 1. The van der Waals surface area contributed by atoms with Crippen LogP contribution in [-0.4, -0.2) is 18.9 Å². The van der Waals surface area contributed by atoms with Crippen LogP contribution in [0.5, 0.6) is 0 Å². The van der Waals surface area contributed by atoms with Gasteiger partial charge in [0.25, 0.3) is 0 Å². The summed E-state index contributed by atoms with van der Waals surface area (Å²) in [6.45, 7) is 4.51. The molecule has 114 valence electrons. The van der Waals surface area contributed by atoms with Gasteiger partial charge >= 0.3 is 5.97 Å². The van der Waals surface area contributed by atoms with Crippen molar-refractivity contribution in [1.29, 1.82) is 0 Å². The molecule has 0 radical (unpaired) electrons. The number of carbonyl (C=O) groups excluding carboxylic acids is 2. The molecule has 3 nitrogen and oxygen atoms in total. The lowest BCUT2D eigenvalue weighted by Gasteiger charge is -2.50. The minimum Gasteiger partial charge on any atom is -0.468 e. The second-order valence-electron chi connectivity index (χ2n) is 7.24. The zero-order valence-corrected chi connectivity index (χ0v) is 13.3. The van der Waals surface area contributed by atoms with Crippen molar-refractivity contribution < 1.29 is 14.3 Å². The Morgan fingerprint density at radius 3 is 2.71 bits per heavy atom. The third kappa shape index (κ3) is 2.09. The molecule has 0 bridgehead atoms. The number of carbonyl (C=O) groups is 2. The lowest BCUT2D eigenvalue weighted by atomic mass is 9.53. The fourth-order valence-corrected chi connectivity index (χ4v) is 4.67. The van der Waals surface area contributed by atoms with Crippen LogP contribution in [0.3, 0.4) is 0 Å². The van der Waals surface area contributed by atoms with E-state index in [1.807, 2.05) is 0 Å². The van der Waals surface area contributed by atoms with Gasteiger partial charge in [0, 0.05) is 6.42 Å². The van der Waals surface area contributed by atoms with Gasteiger partial charge in [0.2, 0.25) is 0 Å². The lowest BCUT2D eigenvalue weighted by Crippen LogP contribution is -2.46. The Morgan fingerprint density at radius 1 is 1.24 bits per heavy atom. The van der Waals surface area contributed by atoms with Gasteiger partial charge in [0.15, 0.2) is 5.78 Å². The van der Waals surface area contributed by atoms with Crippen LogP contribution in [0.4, 0.5) is 0 Å². The van der Waals surface area contributed by atoms with Crippen LogP contribution in [0.2, 0.25) is 0 Å². The number of esters is 1. The van der Waals surface area contributed by atoms with Gasteiger partial charge in [-0.15, -0.1) is 0 Å². The Balaban J connectivity index is 2.12. The van der Waals surface area contributed by atoms with Gasteiger partial charge < -0.3 is 4.74 Å². The molecule has 0 N–H and O–H groups in total. The van der Waals surface area contributed by atoms with Crippen molar-refractivity contribution in [2.75, 3.05) is 7.11 Å². The molecule has 0 saturated heterocycles. The second-order valence-corrected chi connectivity index (χ2v) is 7.24. The average Bonchev–Trinajstić information content (AvgIpc) is 2.45. The van der Waals surface area contributed by atoms with E-state index in [0.29, 0.717) is 12.8 Å². The molecule has 0 spiro atoms. The summed E-state index contributed by atoms with van der Waals surface area (Å²) in [5.74, 6) is 0.00209. The summed E-state index contributed by atoms with van der Waals surface area (Å²) in [5.41, 5.74) is 3.47. The Labute approximate surface area is 126 Å². The van der Waals surface area contributed by atoms with E-state index >= 15 is 0 Å². The van der Waals surface area contributed by atoms with Crippen LogP contribution in [0.15, 0.2) is 22.8 Å². The number of methoxy groups -OCH3 is 1. The molecule has 3 aliphatic carbocycles. The summed E-state index contributed by atoms with van der Waals surface area (Å²) in [5, 5.41) is 0. The largest absolute Gasteiger partial charge is 0.468 e. The van der Waals surface area contributed by atoms with Crippen molar-refractivity contribution in [2.45, 2.75) is 58.8 Å². The number of fused-ring (bicyclic) bond motifs is 2. The first kappa shape index (κ1) is 14.6. The van der Waals surface area contributed by atoms with E-state index < -0.39 is 5.41 Å². The van der Waals surface area contributed by atoms with Crippen LogP contribution in [0, 0.1) is 10.8 Å². The maximum absolute atomic E-state index is 12.5. The van der Waals surface area contributed by atoms with Gasteiger partial charge in [0.05, 0.1) is 12.5 Å². The maximum atomic E-state index is 12.5. The first-order chi connectivity index (χ1) is 9.91. The Bertz CT molecular complexity index is 569. The monoisotopic (exact) mass is 288 g/mol. The molecule has 3 rings (SSSR count). The van der Waals surface area contributed by atoms with Gasteiger partial charge in [0.1, 0.15) is 0 Å². The zero-order valence-electron chi connectivity index (χ0n) is 13.3. The van der Waals surface area contributed by atoms with Crippen molar-refractivity contribution in [1.82, 2.24) is 0 Å². The van der Waals surface area contributed by atoms with Crippen molar-refractivity contribution in [2.24, 2.45) is 10.8 Å². The highest BCUT2D eigenvalue weighted by atomic mass is 16.5. The third-order valence-corrected chi connectivity index (χ3v) is 5.91. The molecule has 3 aliphatic rings. The molecule has 21 heavy (non-hydrogen) atoms. The van der Waals surface area contributed by atoms with Crippen molar-refractivity contribution >= 4 is 11.8 Å². The standard InChI is InChI=1S/C18H24O3/c1-12-5-4-7-17(2)10-13-9-14(19)6-8-18(13,11-15(12)17)16(20)21-3/h9H,4-8,10-11H2,1-3H3/t17-,18+/m0/s1. The van der Waals surface area contributed by atoms with Gasteiger partial charge in [-0.05, 0) is 62.5 Å². The van der Waals surface area contributed by atoms with Gasteiger partial charge in [-0.1, -0.05) is 18.1 Å². The number of allylic oxidation sites excluding steroid dienone is 3. The van der Waals surface area contributed by atoms with Crippen LogP contribution < -0.4 is 0 Å². The van der Waals surface area contributed by atoms with Crippen molar-refractivity contribution in [3.8, 4) is 0 Å². The van der Waals surface area contributed by atoms with E-state index in [0.717, 1.165) is 31.3 Å². The van der Waals surface area contributed by atoms with E-state index in [1.165, 1.54) is 24.7 Å². The SMILES string of the molecule is COC(=O)[C@@]12CCC(=O)C=C1C[C@]1(C)CCCC(C)=C1C2. The number of ketones is 1. The smallest absolute Gasteiger partial charge is 0.316 e. The number of hydrogen-bond donors (Lipinski definition) is 0. The van der Waals surface area contributed by atoms with E-state index in [1.54, 1.807) is 6.08 Å². The van der Waals surface area contributed by atoms with E-state index in [4.69, 9.17) is 4.74 Å². The quantitative estimate of drug-likeness (QED) is 0.545. The maximum Gasteiger partial charge on any atom is 0.316 e. The fraction of sp³-hybridized carbons (Fsp3) is 0.667. The second kappa shape index (κ2) is 4.82. The van der Waals surface area contributed by atoms with Gasteiger partial charge in [-0.25, -0.2) is 0 Å². The molecule has 0 aromatic carbocycles. The van der Waals surface area contributed by atoms with Crippen molar-refractivity contribution in [3.63, 3.8) is 0 Å². The van der Waals surface area contributed by atoms with Crippen molar-refractivity contribution in [3.05, 3.63) is 22.8 Å². The topological polar surface area (TPSA) is 43.4 Å². The minimum atomic E-state index is -0.573. The summed E-state index contributed by atoms with van der Waals surface area (Å²) >= 11 is 0. The molecule has 2 atom stereocenters. The van der Waals surface area contributed by atoms with E-state index in [9.17, 15) is 9.59 Å². The Morgan fingerprint density at radius 2 is 2.00 bits per heavy atom. The average molecular weight is 288 g/mol. The minimum absolute atomic E-state index is 0.128. The molecule has 0 aliphatic heterocycles. The third-order valence-electron chi connectivity index (χ3n) is 5.91. The van der Waals surface area contributed by atoms with Gasteiger partial charge in [-0.2, -0.15) is 0 Å². The summed E-state index contributed by atoms with van der Waals surface area (Å²) in [7, 11) is 1.46. The zero-order chi connectivity index (χ0) is 15.3. The van der Waals surface area contributed by atoms with Crippen LogP contribution in [0.25, 0.3) is 0 Å². The first-order valence-corrected chi connectivity index (χ1v) is 7.93. The summed E-state index contributed by atoms with van der Waals surface area (Å²) in [6.07, 6.45) is 7.90. The molecule has 0 unspecified atom stereocenters. The molecule has 0 heterocycles. The van der Waals surface area contributed by atoms with E-state index in [2.05, 4.69) is 13.8 Å². The van der Waals surface area contributed by atoms with Crippen LogP contribution in [0.1, 0.15) is 58.8 Å². The molecular formula is C18H24O3. The molecule has 0 aromatic rings. The number of rotatable bonds is 1. The highest BCUT2D eigenvalue weighted by molar-refractivity contribution is 5.95. The van der Waals surface area contributed by atoms with Crippen LogP contribution in [-0.2, 0) is 14.3 Å². The molecule has 0 amide bonds. The Kier molecular flexibility index (Phi) is 3.34. The predicted octanol–water partition coefficient (Wildman–Crippen LogP) is 3.74. The van der Waals surface area contributed by atoms with E-state index in [-0.39, 0.29) is 17.2 Å². The Hall–Kier alpha value is -1.38. The summed E-state index contributed by atoms with van der Waals surface area (Å²) in [6, 6.07) is 0. The molecular weight excluding hydrogens is 264 g/mol. The van der Waals surface area contributed by atoms with Gasteiger partial charge in [-0.3, -0.25) is 9.59 Å². The highest BCUT2D eigenvalue weighted by Crippen LogP contribution is 2.59. The fourth-order valence-electron chi connectivity index (χ4n) is 4.67. The molecule has 0 aromatic heterocycles. The predicted molar refractivity (Wildman–Crippen MR) is 80.7 cm³/mol. The van der Waals surface area contributed by atoms with Crippen LogP contribution >= 0.6 is 0 Å². The number of hydrogen-bond acceptors (Lipinski definition) is 3. The highest BCUT2D eigenvalue weighted by Gasteiger charge is 2.53. The summed E-state index contributed by atoms with van der Waals surface area (Å²) < 4.78 is 5.12. The molecule has 3 heteroatoms. The first-order valence-electron chi connectivity index (χ1n) is 7.93. The molecule has 1 fully saturated rings.